The Morgan fingerprint density at radius 3 is 2.74 bits per heavy atom. The summed E-state index contributed by atoms with van der Waals surface area (Å²) in [5.41, 5.74) is 6.64. The molecule has 2 N–H and O–H groups in total. The maximum atomic E-state index is 12.7. The maximum absolute atomic E-state index is 12.7. The van der Waals surface area contributed by atoms with E-state index in [0.29, 0.717) is 23.4 Å². The summed E-state index contributed by atoms with van der Waals surface area (Å²) in [6, 6.07) is 2.55. The third-order valence-corrected chi connectivity index (χ3v) is 4.24. The number of piperidine rings is 1. The molecule has 2 saturated heterocycles. The van der Waals surface area contributed by atoms with Crippen LogP contribution in [0.5, 0.6) is 5.75 Å². The number of nitrogens with two attached hydrogens (primary N) is 1. The lowest BCUT2D eigenvalue weighted by Gasteiger charge is -2.37. The molecule has 102 valence electrons. The summed E-state index contributed by atoms with van der Waals surface area (Å²) in [6.07, 6.45) is 7.18. The second-order valence-corrected chi connectivity index (χ2v) is 5.40. The van der Waals surface area contributed by atoms with Crippen molar-refractivity contribution in [1.29, 1.82) is 0 Å². The van der Waals surface area contributed by atoms with Crippen LogP contribution in [0.4, 0.5) is 0 Å². The smallest absolute Gasteiger partial charge is 0.258 e. The third kappa shape index (κ3) is 2.08. The van der Waals surface area contributed by atoms with E-state index in [-0.39, 0.29) is 11.9 Å². The predicted octanol–water partition coefficient (Wildman–Crippen LogP) is 1.18. The molecule has 0 aliphatic carbocycles. The maximum Gasteiger partial charge on any atom is 0.258 e. The zero-order valence-electron chi connectivity index (χ0n) is 11.1. The number of carbonyl (C=O) groups is 1. The number of carbonyl (C=O) groups excluding carboxylic acids is 1. The molecule has 0 spiro atoms. The van der Waals surface area contributed by atoms with Crippen molar-refractivity contribution in [2.45, 2.75) is 43.8 Å². The van der Waals surface area contributed by atoms with E-state index in [4.69, 9.17) is 10.5 Å². The quantitative estimate of drug-likeness (QED) is 0.868. The number of ether oxygens (including phenoxy) is 1. The number of pyridine rings is 1. The van der Waals surface area contributed by atoms with Gasteiger partial charge in [-0.1, -0.05) is 0 Å². The molecule has 19 heavy (non-hydrogen) atoms. The summed E-state index contributed by atoms with van der Waals surface area (Å²) in [5.74, 6) is 0.598. The molecule has 2 atom stereocenters. The molecule has 2 fully saturated rings. The average Bonchev–Trinajstić information content (AvgIpc) is 2.70. The van der Waals surface area contributed by atoms with Crippen LogP contribution >= 0.6 is 0 Å². The Morgan fingerprint density at radius 2 is 2.11 bits per heavy atom. The van der Waals surface area contributed by atoms with Crippen LogP contribution in [0.3, 0.4) is 0 Å². The first-order valence-electron chi connectivity index (χ1n) is 6.77. The Balaban J connectivity index is 1.89. The van der Waals surface area contributed by atoms with Gasteiger partial charge in [-0.25, -0.2) is 0 Å². The van der Waals surface area contributed by atoms with Crippen molar-refractivity contribution in [1.82, 2.24) is 9.88 Å². The van der Waals surface area contributed by atoms with Gasteiger partial charge in [-0.3, -0.25) is 9.78 Å². The Morgan fingerprint density at radius 1 is 1.42 bits per heavy atom. The van der Waals surface area contributed by atoms with Crippen molar-refractivity contribution in [3.8, 4) is 5.75 Å². The summed E-state index contributed by atoms with van der Waals surface area (Å²) in [6.45, 7) is 0. The van der Waals surface area contributed by atoms with Gasteiger partial charge in [-0.15, -0.1) is 0 Å². The summed E-state index contributed by atoms with van der Waals surface area (Å²) in [5, 5.41) is 0. The minimum atomic E-state index is 0.0543. The molecule has 0 radical (unpaired) electrons. The van der Waals surface area contributed by atoms with Crippen molar-refractivity contribution >= 4 is 5.91 Å². The lowest BCUT2D eigenvalue weighted by atomic mass is 9.97. The van der Waals surface area contributed by atoms with Gasteiger partial charge in [0.1, 0.15) is 5.75 Å². The molecule has 1 aromatic heterocycles. The van der Waals surface area contributed by atoms with Crippen LogP contribution < -0.4 is 10.5 Å². The van der Waals surface area contributed by atoms with Crippen molar-refractivity contribution in [3.05, 3.63) is 24.0 Å². The molecule has 5 nitrogen and oxygen atoms in total. The van der Waals surface area contributed by atoms with E-state index in [0.717, 1.165) is 25.7 Å². The van der Waals surface area contributed by atoms with Crippen LogP contribution in [0.2, 0.25) is 0 Å². The summed E-state index contributed by atoms with van der Waals surface area (Å²) >= 11 is 0. The average molecular weight is 261 g/mol. The summed E-state index contributed by atoms with van der Waals surface area (Å²) < 4.78 is 5.23. The molecule has 3 heterocycles. The van der Waals surface area contributed by atoms with E-state index in [2.05, 4.69) is 4.98 Å². The van der Waals surface area contributed by atoms with Crippen molar-refractivity contribution < 1.29 is 9.53 Å². The molecule has 0 saturated carbocycles. The highest BCUT2D eigenvalue weighted by Gasteiger charge is 2.42. The molecule has 1 aromatic rings. The second-order valence-electron chi connectivity index (χ2n) is 5.40. The van der Waals surface area contributed by atoms with Gasteiger partial charge >= 0.3 is 0 Å². The normalized spacial score (nSPS) is 29.4. The van der Waals surface area contributed by atoms with Crippen molar-refractivity contribution in [2.24, 2.45) is 5.73 Å². The van der Waals surface area contributed by atoms with E-state index < -0.39 is 0 Å². The molecule has 1 amide bonds. The van der Waals surface area contributed by atoms with Gasteiger partial charge in [0.15, 0.2) is 0 Å². The predicted molar refractivity (Wildman–Crippen MR) is 71.0 cm³/mol. The Hall–Kier alpha value is -1.62. The number of rotatable bonds is 2. The molecule has 2 aliphatic rings. The van der Waals surface area contributed by atoms with Crippen LogP contribution in [-0.2, 0) is 0 Å². The molecule has 2 unspecified atom stereocenters. The van der Waals surface area contributed by atoms with E-state index >= 15 is 0 Å². The van der Waals surface area contributed by atoms with Gasteiger partial charge in [0.2, 0.25) is 0 Å². The second kappa shape index (κ2) is 4.81. The Bertz CT molecular complexity index is 477. The topological polar surface area (TPSA) is 68.5 Å². The molecule has 3 rings (SSSR count). The monoisotopic (exact) mass is 261 g/mol. The highest BCUT2D eigenvalue weighted by atomic mass is 16.5. The zero-order chi connectivity index (χ0) is 13.4. The summed E-state index contributed by atoms with van der Waals surface area (Å²) in [7, 11) is 1.56. The molecular formula is C14H19N3O2. The van der Waals surface area contributed by atoms with Gasteiger partial charge < -0.3 is 15.4 Å². The van der Waals surface area contributed by atoms with Crippen LogP contribution in [-0.4, -0.2) is 41.0 Å². The van der Waals surface area contributed by atoms with Crippen molar-refractivity contribution in [2.75, 3.05) is 7.11 Å². The third-order valence-electron chi connectivity index (χ3n) is 4.24. The first-order valence-corrected chi connectivity index (χ1v) is 6.77. The number of amides is 1. The molecular weight excluding hydrogens is 242 g/mol. The van der Waals surface area contributed by atoms with E-state index in [1.54, 1.807) is 25.6 Å². The number of methoxy groups -OCH3 is 1. The minimum Gasteiger partial charge on any atom is -0.494 e. The van der Waals surface area contributed by atoms with Gasteiger partial charge in [0.25, 0.3) is 5.91 Å². The van der Waals surface area contributed by atoms with Gasteiger partial charge in [0.05, 0.1) is 18.9 Å². The highest BCUT2D eigenvalue weighted by Crippen LogP contribution is 2.37. The van der Waals surface area contributed by atoms with E-state index in [9.17, 15) is 4.79 Å². The number of aromatic nitrogens is 1. The lowest BCUT2D eigenvalue weighted by Crippen LogP contribution is -2.50. The number of hydrogen-bond acceptors (Lipinski definition) is 4. The van der Waals surface area contributed by atoms with E-state index in [1.807, 2.05) is 4.90 Å². The standard InChI is InChI=1S/C14H19N3O2/c1-19-13-8-16-5-4-12(13)14(18)17-10-2-3-11(17)7-9(15)6-10/h4-5,8-11H,2-3,6-7,15H2,1H3. The van der Waals surface area contributed by atoms with Gasteiger partial charge in [-0.05, 0) is 31.7 Å². The molecule has 2 aliphatic heterocycles. The van der Waals surface area contributed by atoms with Crippen LogP contribution in [0.1, 0.15) is 36.0 Å². The van der Waals surface area contributed by atoms with Crippen molar-refractivity contribution in [3.63, 3.8) is 0 Å². The summed E-state index contributed by atoms with van der Waals surface area (Å²) in [4.78, 5) is 18.7. The molecule has 2 bridgehead atoms. The molecule has 0 aromatic carbocycles. The lowest BCUT2D eigenvalue weighted by molar-refractivity contribution is 0.0571. The van der Waals surface area contributed by atoms with E-state index in [1.165, 1.54) is 0 Å². The first kappa shape index (κ1) is 12.4. The Kier molecular flexibility index (Phi) is 3.14. The fraction of sp³-hybridized carbons (Fsp3) is 0.571. The zero-order valence-corrected chi connectivity index (χ0v) is 11.1. The number of nitrogens with zero attached hydrogens (tertiary/aromatic N) is 2. The van der Waals surface area contributed by atoms with Gasteiger partial charge in [0, 0.05) is 24.3 Å². The highest BCUT2D eigenvalue weighted by molar-refractivity contribution is 5.97. The fourth-order valence-corrected chi connectivity index (χ4v) is 3.41. The van der Waals surface area contributed by atoms with Crippen LogP contribution in [0.25, 0.3) is 0 Å². The largest absolute Gasteiger partial charge is 0.494 e. The SMILES string of the molecule is COc1cnccc1C(=O)N1C2CCC1CC(N)C2. The number of hydrogen-bond donors (Lipinski definition) is 1. The molecule has 5 heteroatoms. The van der Waals surface area contributed by atoms with Crippen LogP contribution in [0, 0.1) is 0 Å². The van der Waals surface area contributed by atoms with Crippen LogP contribution in [0.15, 0.2) is 18.5 Å². The minimum absolute atomic E-state index is 0.0543. The number of fused-ring (bicyclic) bond motifs is 2. The fourth-order valence-electron chi connectivity index (χ4n) is 3.41. The first-order chi connectivity index (χ1) is 9.20. The van der Waals surface area contributed by atoms with Gasteiger partial charge in [-0.2, -0.15) is 0 Å². The Labute approximate surface area is 112 Å².